The summed E-state index contributed by atoms with van der Waals surface area (Å²) in [6, 6.07) is 0. The average molecular weight is 323 g/mol. The van der Waals surface area contributed by atoms with Crippen LogP contribution >= 0.6 is 0 Å². The van der Waals surface area contributed by atoms with Crippen molar-refractivity contribution in [3.63, 3.8) is 0 Å². The molecule has 0 aliphatic rings. The van der Waals surface area contributed by atoms with Gasteiger partial charge in [-0.25, -0.2) is 4.98 Å². The molecule has 0 radical (unpaired) electrons. The van der Waals surface area contributed by atoms with Crippen LogP contribution in [0.2, 0.25) is 0 Å². The minimum Gasteiger partial charge on any atom is -0.393 e. The van der Waals surface area contributed by atoms with Crippen molar-refractivity contribution < 1.29 is 28.2 Å². The normalized spacial score (nSPS) is 16.1. The number of aromatic nitrogens is 2. The highest BCUT2D eigenvalue weighted by atomic mass is 19.4. The van der Waals surface area contributed by atoms with Gasteiger partial charge in [-0.05, 0) is 12.8 Å². The maximum atomic E-state index is 13.2. The molecule has 2 unspecified atom stereocenters. The largest absolute Gasteiger partial charge is 0.425 e. The molecule has 9 heteroatoms. The zero-order valence-electron chi connectivity index (χ0n) is 12.4. The van der Waals surface area contributed by atoms with E-state index in [9.17, 15) is 28.2 Å². The van der Waals surface area contributed by atoms with E-state index >= 15 is 0 Å². The molecule has 6 nitrogen and oxygen atoms in total. The summed E-state index contributed by atoms with van der Waals surface area (Å²) in [6.07, 6.45) is -3.79. The fourth-order valence-electron chi connectivity index (χ4n) is 1.95. The predicted molar refractivity (Wildman–Crippen MR) is 71.7 cm³/mol. The Morgan fingerprint density at radius 1 is 1.50 bits per heavy atom. The van der Waals surface area contributed by atoms with Crippen LogP contribution in [-0.2, 0) is 17.4 Å². The number of hydrogen-bond acceptors (Lipinski definition) is 4. The SMILES string of the molecule is CCC(O)CCNC(=O)CC(O)(c1nccn1C)C(F)(F)F. The molecule has 0 fully saturated rings. The Labute approximate surface area is 126 Å². The first-order valence-electron chi connectivity index (χ1n) is 6.83. The second-order valence-corrected chi connectivity index (χ2v) is 5.10. The molecule has 0 saturated carbocycles. The summed E-state index contributed by atoms with van der Waals surface area (Å²) in [5, 5.41) is 21.6. The summed E-state index contributed by atoms with van der Waals surface area (Å²) in [5.74, 6) is -1.62. The maximum absolute atomic E-state index is 13.2. The fourth-order valence-corrected chi connectivity index (χ4v) is 1.95. The third-order valence-corrected chi connectivity index (χ3v) is 3.35. The molecule has 0 spiro atoms. The van der Waals surface area contributed by atoms with E-state index in [1.165, 1.54) is 13.2 Å². The first-order valence-corrected chi connectivity index (χ1v) is 6.83. The lowest BCUT2D eigenvalue weighted by molar-refractivity contribution is -0.271. The number of imidazole rings is 1. The van der Waals surface area contributed by atoms with E-state index in [4.69, 9.17) is 0 Å². The van der Waals surface area contributed by atoms with E-state index in [2.05, 4.69) is 10.3 Å². The number of rotatable bonds is 7. The summed E-state index contributed by atoms with van der Waals surface area (Å²) < 4.78 is 40.6. The smallest absolute Gasteiger partial charge is 0.393 e. The monoisotopic (exact) mass is 323 g/mol. The van der Waals surface area contributed by atoms with Crippen molar-refractivity contribution in [2.75, 3.05) is 6.54 Å². The van der Waals surface area contributed by atoms with Crippen molar-refractivity contribution in [1.29, 1.82) is 0 Å². The van der Waals surface area contributed by atoms with E-state index in [0.29, 0.717) is 6.42 Å². The van der Waals surface area contributed by atoms with Gasteiger partial charge in [0.2, 0.25) is 11.5 Å². The van der Waals surface area contributed by atoms with Crippen LogP contribution in [0.3, 0.4) is 0 Å². The zero-order chi connectivity index (χ0) is 17.0. The lowest BCUT2D eigenvalue weighted by Crippen LogP contribution is -2.48. The Balaban J connectivity index is 2.79. The van der Waals surface area contributed by atoms with Gasteiger partial charge >= 0.3 is 6.18 Å². The van der Waals surface area contributed by atoms with Gasteiger partial charge in [0.25, 0.3) is 0 Å². The quantitative estimate of drug-likeness (QED) is 0.694. The second kappa shape index (κ2) is 7.10. The summed E-state index contributed by atoms with van der Waals surface area (Å²) in [4.78, 5) is 15.2. The molecule has 0 aliphatic heterocycles. The Kier molecular flexibility index (Phi) is 5.95. The van der Waals surface area contributed by atoms with Gasteiger partial charge in [-0.3, -0.25) is 4.79 Å². The average Bonchev–Trinajstić information content (AvgIpc) is 2.83. The van der Waals surface area contributed by atoms with Gasteiger partial charge in [0.05, 0.1) is 12.5 Å². The molecule has 1 amide bonds. The van der Waals surface area contributed by atoms with Crippen molar-refractivity contribution in [3.05, 3.63) is 18.2 Å². The van der Waals surface area contributed by atoms with E-state index in [0.717, 1.165) is 10.8 Å². The van der Waals surface area contributed by atoms with Gasteiger partial charge in [-0.2, -0.15) is 13.2 Å². The number of hydrogen-bond donors (Lipinski definition) is 3. The molecule has 2 atom stereocenters. The lowest BCUT2D eigenvalue weighted by atomic mass is 9.97. The summed E-state index contributed by atoms with van der Waals surface area (Å²) in [6.45, 7) is 1.78. The molecule has 3 N–H and O–H groups in total. The maximum Gasteiger partial charge on any atom is 0.425 e. The molecule has 0 aliphatic carbocycles. The number of aryl methyl sites for hydroxylation is 1. The van der Waals surface area contributed by atoms with E-state index in [-0.39, 0.29) is 13.0 Å². The first kappa shape index (κ1) is 18.4. The van der Waals surface area contributed by atoms with Gasteiger partial charge in [-0.15, -0.1) is 0 Å². The standard InChI is InChI=1S/C13H20F3N3O3/c1-3-9(20)4-5-17-10(21)8-12(22,13(14,15)16)11-18-6-7-19(11)2/h6-7,9,20,22H,3-5,8H2,1-2H3,(H,17,21). The highest BCUT2D eigenvalue weighted by Crippen LogP contribution is 2.40. The van der Waals surface area contributed by atoms with Crippen molar-refractivity contribution >= 4 is 5.91 Å². The van der Waals surface area contributed by atoms with Crippen molar-refractivity contribution in [3.8, 4) is 0 Å². The topological polar surface area (TPSA) is 87.4 Å². The summed E-state index contributed by atoms with van der Waals surface area (Å²) in [5.41, 5.74) is -3.36. The van der Waals surface area contributed by atoms with Crippen LogP contribution in [0.25, 0.3) is 0 Å². The minimum atomic E-state index is -5.05. The Hall–Kier alpha value is -1.61. The number of carbonyl (C=O) groups excluding carboxylic acids is 1. The Bertz CT molecular complexity index is 504. The van der Waals surface area contributed by atoms with Crippen LogP contribution in [0.5, 0.6) is 0 Å². The highest BCUT2D eigenvalue weighted by molar-refractivity contribution is 5.77. The number of aliphatic hydroxyl groups excluding tert-OH is 1. The fraction of sp³-hybridized carbons (Fsp3) is 0.692. The van der Waals surface area contributed by atoms with E-state index in [1.807, 2.05) is 0 Å². The number of carbonyl (C=O) groups is 1. The number of aliphatic hydroxyl groups is 2. The van der Waals surface area contributed by atoms with Crippen molar-refractivity contribution in [2.45, 2.75) is 44.1 Å². The molecular weight excluding hydrogens is 303 g/mol. The number of amides is 1. The van der Waals surface area contributed by atoms with Crippen molar-refractivity contribution in [1.82, 2.24) is 14.9 Å². The molecule has 126 valence electrons. The Morgan fingerprint density at radius 3 is 2.59 bits per heavy atom. The highest BCUT2D eigenvalue weighted by Gasteiger charge is 2.58. The number of halogens is 3. The van der Waals surface area contributed by atoms with E-state index in [1.54, 1.807) is 6.92 Å². The molecule has 0 saturated heterocycles. The van der Waals surface area contributed by atoms with Crippen LogP contribution < -0.4 is 5.32 Å². The summed E-state index contributed by atoms with van der Waals surface area (Å²) in [7, 11) is 1.30. The van der Waals surface area contributed by atoms with Crippen LogP contribution in [0, 0.1) is 0 Å². The van der Waals surface area contributed by atoms with Gasteiger partial charge in [0.15, 0.2) is 5.82 Å². The summed E-state index contributed by atoms with van der Waals surface area (Å²) >= 11 is 0. The third-order valence-electron chi connectivity index (χ3n) is 3.35. The molecular formula is C13H20F3N3O3. The van der Waals surface area contributed by atoms with Crippen LogP contribution in [0.1, 0.15) is 32.0 Å². The predicted octanol–water partition coefficient (Wildman–Crippen LogP) is 0.837. The van der Waals surface area contributed by atoms with Gasteiger partial charge < -0.3 is 20.1 Å². The van der Waals surface area contributed by atoms with Crippen molar-refractivity contribution in [2.24, 2.45) is 7.05 Å². The molecule has 1 rings (SSSR count). The molecule has 0 aromatic carbocycles. The van der Waals surface area contributed by atoms with Gasteiger partial charge in [0.1, 0.15) is 0 Å². The molecule has 1 aromatic rings. The third kappa shape index (κ3) is 4.20. The van der Waals surface area contributed by atoms with Gasteiger partial charge in [0, 0.05) is 26.0 Å². The second-order valence-electron chi connectivity index (χ2n) is 5.10. The molecule has 22 heavy (non-hydrogen) atoms. The van der Waals surface area contributed by atoms with Gasteiger partial charge in [-0.1, -0.05) is 6.92 Å². The van der Waals surface area contributed by atoms with Crippen LogP contribution in [0.15, 0.2) is 12.4 Å². The number of nitrogens with zero attached hydrogens (tertiary/aromatic N) is 2. The molecule has 1 aromatic heterocycles. The number of nitrogens with one attached hydrogen (secondary N) is 1. The van der Waals surface area contributed by atoms with Crippen LogP contribution in [-0.4, -0.2) is 44.5 Å². The van der Waals surface area contributed by atoms with Crippen LogP contribution in [0.4, 0.5) is 13.2 Å². The number of alkyl halides is 3. The molecule has 1 heterocycles. The molecule has 0 bridgehead atoms. The lowest BCUT2D eigenvalue weighted by Gasteiger charge is -2.29. The first-order chi connectivity index (χ1) is 10.1. The Morgan fingerprint density at radius 2 is 2.14 bits per heavy atom. The minimum absolute atomic E-state index is 0.0301. The van der Waals surface area contributed by atoms with E-state index < -0.39 is 36.0 Å². The zero-order valence-corrected chi connectivity index (χ0v) is 12.4.